The summed E-state index contributed by atoms with van der Waals surface area (Å²) >= 11 is 0. The average Bonchev–Trinajstić information content (AvgIpc) is 2.74. The zero-order valence-corrected chi connectivity index (χ0v) is 9.23. The topological polar surface area (TPSA) is 12.9 Å². The molecule has 0 aromatic carbocycles. The summed E-state index contributed by atoms with van der Waals surface area (Å²) < 4.78 is 0. The Morgan fingerprint density at radius 3 is 2.33 bits per heavy atom. The normalized spacial score (nSPS) is 35.1. The highest BCUT2D eigenvalue weighted by Gasteiger charge is 2.36. The van der Waals surface area contributed by atoms with Crippen LogP contribution in [0.5, 0.6) is 0 Å². The lowest BCUT2D eigenvalue weighted by molar-refractivity contribution is 0.277. The molecule has 0 N–H and O–H groups in total. The van der Waals surface area contributed by atoms with Crippen molar-refractivity contribution in [2.45, 2.75) is 44.4 Å². The van der Waals surface area contributed by atoms with E-state index in [2.05, 4.69) is 17.1 Å². The molecule has 1 heterocycles. The zero-order chi connectivity index (χ0) is 10.1. The number of nitrogens with zero attached hydrogens (tertiary/aromatic N) is 1. The van der Waals surface area contributed by atoms with E-state index in [9.17, 15) is 0 Å². The first kappa shape index (κ1) is 9.38. The summed E-state index contributed by atoms with van der Waals surface area (Å²) in [5, 5.41) is 0. The van der Waals surface area contributed by atoms with Crippen LogP contribution in [0.2, 0.25) is 0 Å². The van der Waals surface area contributed by atoms with Crippen LogP contribution in [0.4, 0.5) is 0 Å². The molecular weight excluding hydrogens is 182 g/mol. The monoisotopic (exact) mass is 201 g/mol. The van der Waals surface area contributed by atoms with E-state index in [-0.39, 0.29) is 0 Å². The van der Waals surface area contributed by atoms with E-state index in [1.165, 1.54) is 44.2 Å². The fraction of sp³-hybridized carbons (Fsp3) is 0.643. The van der Waals surface area contributed by atoms with Gasteiger partial charge >= 0.3 is 0 Å². The van der Waals surface area contributed by atoms with Crippen molar-refractivity contribution in [3.05, 3.63) is 30.1 Å². The lowest BCUT2D eigenvalue weighted by Gasteiger charge is -2.24. The minimum absolute atomic E-state index is 0.763. The number of fused-ring (bicyclic) bond motifs is 1. The van der Waals surface area contributed by atoms with Crippen LogP contribution in [-0.4, -0.2) is 4.98 Å². The van der Waals surface area contributed by atoms with Gasteiger partial charge in [0.2, 0.25) is 0 Å². The highest BCUT2D eigenvalue weighted by molar-refractivity contribution is 5.12. The summed E-state index contributed by atoms with van der Waals surface area (Å²) in [6.07, 6.45) is 10.6. The molecule has 2 atom stereocenters. The molecule has 2 unspecified atom stereocenters. The molecule has 0 bridgehead atoms. The van der Waals surface area contributed by atoms with Crippen molar-refractivity contribution in [2.75, 3.05) is 0 Å². The fourth-order valence-electron chi connectivity index (χ4n) is 3.59. The van der Waals surface area contributed by atoms with E-state index in [0.29, 0.717) is 0 Å². The Bertz CT molecular complexity index is 305. The van der Waals surface area contributed by atoms with Crippen molar-refractivity contribution in [1.82, 2.24) is 4.98 Å². The first-order chi connectivity index (χ1) is 7.43. The van der Waals surface area contributed by atoms with Gasteiger partial charge in [-0.2, -0.15) is 0 Å². The fourth-order valence-corrected chi connectivity index (χ4v) is 3.59. The van der Waals surface area contributed by atoms with Crippen LogP contribution in [-0.2, 0) is 0 Å². The summed E-state index contributed by atoms with van der Waals surface area (Å²) in [7, 11) is 0. The van der Waals surface area contributed by atoms with Crippen LogP contribution in [0.3, 0.4) is 0 Å². The minimum Gasteiger partial charge on any atom is -0.261 e. The van der Waals surface area contributed by atoms with Gasteiger partial charge in [0.1, 0.15) is 0 Å². The molecule has 2 aliphatic rings. The second-order valence-corrected chi connectivity index (χ2v) is 5.23. The Kier molecular flexibility index (Phi) is 2.47. The second-order valence-electron chi connectivity index (χ2n) is 5.23. The van der Waals surface area contributed by atoms with E-state index in [4.69, 9.17) is 0 Å². The molecule has 0 amide bonds. The molecule has 0 saturated heterocycles. The van der Waals surface area contributed by atoms with Gasteiger partial charge in [0.05, 0.1) is 0 Å². The van der Waals surface area contributed by atoms with Gasteiger partial charge in [0, 0.05) is 17.8 Å². The molecule has 1 heteroatoms. The number of rotatable bonds is 1. The van der Waals surface area contributed by atoms with Crippen LogP contribution in [0, 0.1) is 11.8 Å². The quantitative estimate of drug-likeness (QED) is 0.674. The summed E-state index contributed by atoms with van der Waals surface area (Å²) in [6, 6.07) is 6.36. The number of pyridine rings is 1. The molecule has 1 nitrogen and oxygen atoms in total. The van der Waals surface area contributed by atoms with Crippen molar-refractivity contribution >= 4 is 0 Å². The standard InChI is InChI=1S/C14H19N/c1-2-6-12-10-13(9-11(12)5-1)14-7-3-4-8-15-14/h3-4,7-8,11-13H,1-2,5-6,9-10H2. The van der Waals surface area contributed by atoms with Crippen molar-refractivity contribution in [1.29, 1.82) is 0 Å². The number of hydrogen-bond acceptors (Lipinski definition) is 1. The van der Waals surface area contributed by atoms with Crippen LogP contribution in [0.1, 0.15) is 50.1 Å². The molecule has 2 aliphatic carbocycles. The largest absolute Gasteiger partial charge is 0.261 e. The van der Waals surface area contributed by atoms with E-state index in [1.54, 1.807) is 0 Å². The van der Waals surface area contributed by atoms with Crippen LogP contribution < -0.4 is 0 Å². The van der Waals surface area contributed by atoms with E-state index >= 15 is 0 Å². The maximum Gasteiger partial charge on any atom is 0.0434 e. The Morgan fingerprint density at radius 2 is 1.73 bits per heavy atom. The third-order valence-electron chi connectivity index (χ3n) is 4.35. The summed E-state index contributed by atoms with van der Waals surface area (Å²) in [5.74, 6) is 2.80. The lowest BCUT2D eigenvalue weighted by atomic mass is 9.82. The SMILES string of the molecule is c1ccc(C2CC3CCCCC3C2)nc1. The summed E-state index contributed by atoms with van der Waals surface area (Å²) in [5.41, 5.74) is 1.34. The van der Waals surface area contributed by atoms with Crippen molar-refractivity contribution in [3.63, 3.8) is 0 Å². The van der Waals surface area contributed by atoms with Gasteiger partial charge in [-0.25, -0.2) is 0 Å². The summed E-state index contributed by atoms with van der Waals surface area (Å²) in [4.78, 5) is 4.52. The summed E-state index contributed by atoms with van der Waals surface area (Å²) in [6.45, 7) is 0. The maximum absolute atomic E-state index is 4.52. The molecule has 15 heavy (non-hydrogen) atoms. The number of aromatic nitrogens is 1. The maximum atomic E-state index is 4.52. The molecule has 0 spiro atoms. The third-order valence-corrected chi connectivity index (χ3v) is 4.35. The Balaban J connectivity index is 1.75. The first-order valence-electron chi connectivity index (χ1n) is 6.34. The molecule has 80 valence electrons. The van der Waals surface area contributed by atoms with Gasteiger partial charge in [-0.05, 0) is 36.8 Å². The third kappa shape index (κ3) is 1.80. The second kappa shape index (κ2) is 3.96. The van der Waals surface area contributed by atoms with Gasteiger partial charge < -0.3 is 0 Å². The number of hydrogen-bond donors (Lipinski definition) is 0. The molecule has 1 aromatic heterocycles. The smallest absolute Gasteiger partial charge is 0.0434 e. The molecule has 2 fully saturated rings. The van der Waals surface area contributed by atoms with E-state index < -0.39 is 0 Å². The van der Waals surface area contributed by atoms with E-state index in [0.717, 1.165) is 17.8 Å². The van der Waals surface area contributed by atoms with Gasteiger partial charge in [-0.1, -0.05) is 31.7 Å². The molecule has 3 rings (SSSR count). The Labute approximate surface area is 91.9 Å². The van der Waals surface area contributed by atoms with Crippen LogP contribution in [0.15, 0.2) is 24.4 Å². The van der Waals surface area contributed by atoms with E-state index in [1.807, 2.05) is 12.3 Å². The molecule has 1 aromatic rings. The van der Waals surface area contributed by atoms with Gasteiger partial charge in [0.25, 0.3) is 0 Å². The predicted molar refractivity (Wildman–Crippen MR) is 61.7 cm³/mol. The van der Waals surface area contributed by atoms with Crippen LogP contribution in [0.25, 0.3) is 0 Å². The molecule has 0 aliphatic heterocycles. The van der Waals surface area contributed by atoms with Crippen molar-refractivity contribution in [3.8, 4) is 0 Å². The van der Waals surface area contributed by atoms with Crippen LogP contribution >= 0.6 is 0 Å². The first-order valence-corrected chi connectivity index (χ1v) is 6.34. The van der Waals surface area contributed by atoms with Crippen molar-refractivity contribution < 1.29 is 0 Å². The van der Waals surface area contributed by atoms with Gasteiger partial charge in [-0.3, -0.25) is 4.98 Å². The Morgan fingerprint density at radius 1 is 1.00 bits per heavy atom. The Hall–Kier alpha value is -0.850. The van der Waals surface area contributed by atoms with Gasteiger partial charge in [0.15, 0.2) is 0 Å². The predicted octanol–water partition coefficient (Wildman–Crippen LogP) is 3.77. The molecular formula is C14H19N. The highest BCUT2D eigenvalue weighted by atomic mass is 14.7. The average molecular weight is 201 g/mol. The zero-order valence-electron chi connectivity index (χ0n) is 9.23. The van der Waals surface area contributed by atoms with Crippen molar-refractivity contribution in [2.24, 2.45) is 11.8 Å². The highest BCUT2D eigenvalue weighted by Crippen LogP contribution is 2.48. The van der Waals surface area contributed by atoms with Gasteiger partial charge in [-0.15, -0.1) is 0 Å². The minimum atomic E-state index is 0.763. The lowest BCUT2D eigenvalue weighted by Crippen LogP contribution is -2.12. The molecule has 2 saturated carbocycles. The molecule has 0 radical (unpaired) electrons.